The summed E-state index contributed by atoms with van der Waals surface area (Å²) in [7, 11) is 1.69. The normalized spacial score (nSPS) is 21.3. The first-order valence-electron chi connectivity index (χ1n) is 7.20. The maximum absolute atomic E-state index is 12.6. The third kappa shape index (κ3) is 3.25. The molecule has 6 nitrogen and oxygen atoms in total. The molecule has 0 aliphatic carbocycles. The molecule has 2 heterocycles. The topological polar surface area (TPSA) is 71.5 Å². The van der Waals surface area contributed by atoms with Gasteiger partial charge in [0.15, 0.2) is 11.2 Å². The summed E-state index contributed by atoms with van der Waals surface area (Å²) >= 11 is 1.34. The van der Waals surface area contributed by atoms with E-state index in [-0.39, 0.29) is 18.4 Å². The van der Waals surface area contributed by atoms with Crippen LogP contribution < -0.4 is 5.32 Å². The van der Waals surface area contributed by atoms with Crippen molar-refractivity contribution in [3.63, 3.8) is 0 Å². The molecule has 1 aliphatic rings. The van der Waals surface area contributed by atoms with Gasteiger partial charge in [0.25, 0.3) is 5.91 Å². The number of nitrogens with one attached hydrogen (secondary N) is 1. The van der Waals surface area contributed by atoms with E-state index < -0.39 is 12.1 Å². The van der Waals surface area contributed by atoms with E-state index in [4.69, 9.17) is 4.74 Å². The number of nitrogens with zero attached hydrogens (tertiary/aromatic N) is 2. The van der Waals surface area contributed by atoms with Crippen LogP contribution in [0.2, 0.25) is 0 Å². The lowest BCUT2D eigenvalue weighted by Gasteiger charge is -2.38. The second-order valence-corrected chi connectivity index (χ2v) is 6.31. The van der Waals surface area contributed by atoms with Crippen molar-refractivity contribution in [1.29, 1.82) is 0 Å². The van der Waals surface area contributed by atoms with E-state index in [9.17, 15) is 9.59 Å². The van der Waals surface area contributed by atoms with E-state index in [1.54, 1.807) is 23.5 Å². The van der Waals surface area contributed by atoms with Crippen LogP contribution in [0.3, 0.4) is 0 Å². The molecule has 2 atom stereocenters. The Labute approximate surface area is 138 Å². The van der Waals surface area contributed by atoms with Crippen molar-refractivity contribution in [3.05, 3.63) is 47.0 Å². The van der Waals surface area contributed by atoms with Gasteiger partial charge in [-0.1, -0.05) is 29.8 Å². The lowest BCUT2D eigenvalue weighted by Crippen LogP contribution is -2.51. The highest BCUT2D eigenvalue weighted by molar-refractivity contribution is 7.13. The average Bonchev–Trinajstić information content (AvgIpc) is 3.04. The minimum atomic E-state index is -0.774. The number of rotatable bonds is 3. The molecule has 0 bridgehead atoms. The Balaban J connectivity index is 1.88. The van der Waals surface area contributed by atoms with Crippen molar-refractivity contribution in [1.82, 2.24) is 9.88 Å². The summed E-state index contributed by atoms with van der Waals surface area (Å²) in [5.74, 6) is -0.446. The van der Waals surface area contributed by atoms with Crippen molar-refractivity contribution in [3.8, 4) is 0 Å². The first kappa shape index (κ1) is 15.6. The van der Waals surface area contributed by atoms with Gasteiger partial charge >= 0.3 is 0 Å². The zero-order chi connectivity index (χ0) is 16.4. The van der Waals surface area contributed by atoms with Crippen LogP contribution in [-0.4, -0.2) is 41.5 Å². The Hall–Kier alpha value is -2.25. The Morgan fingerprint density at radius 2 is 2.13 bits per heavy atom. The number of benzene rings is 1. The number of hydrogen-bond donors (Lipinski definition) is 1. The number of carbonyl (C=O) groups excluding carboxylic acids is 2. The van der Waals surface area contributed by atoms with Gasteiger partial charge in [0.05, 0.1) is 6.04 Å². The predicted octanol–water partition coefficient (Wildman–Crippen LogP) is 1.99. The molecule has 0 spiro atoms. The number of amides is 2. The summed E-state index contributed by atoms with van der Waals surface area (Å²) in [6, 6.07) is 7.29. The van der Waals surface area contributed by atoms with Crippen LogP contribution in [0.1, 0.15) is 17.2 Å². The second-order valence-electron chi connectivity index (χ2n) is 5.42. The smallest absolute Gasteiger partial charge is 0.257 e. The Kier molecular flexibility index (Phi) is 4.40. The van der Waals surface area contributed by atoms with Crippen molar-refractivity contribution in [2.24, 2.45) is 0 Å². The molecule has 1 aromatic heterocycles. The molecule has 1 saturated heterocycles. The standard InChI is InChI=1S/C16H17N3O3S/c1-10-3-5-11(6-4-10)13-14(22-9-12(20)19(13)2)15(21)18-16-17-7-8-23-16/h3-8,13-14H,9H2,1-2H3,(H,17,18,21)/t13-,14+/m0/s1. The number of thiazole rings is 1. The molecule has 1 N–H and O–H groups in total. The van der Waals surface area contributed by atoms with E-state index in [1.807, 2.05) is 31.2 Å². The number of hydrogen-bond acceptors (Lipinski definition) is 5. The number of morpholine rings is 1. The Morgan fingerprint density at radius 3 is 2.78 bits per heavy atom. The summed E-state index contributed by atoms with van der Waals surface area (Å²) in [5.41, 5.74) is 1.98. The van der Waals surface area contributed by atoms with Gasteiger partial charge in [-0.25, -0.2) is 4.98 Å². The highest BCUT2D eigenvalue weighted by Crippen LogP contribution is 2.30. The molecule has 7 heteroatoms. The van der Waals surface area contributed by atoms with Gasteiger partial charge < -0.3 is 9.64 Å². The van der Waals surface area contributed by atoms with E-state index >= 15 is 0 Å². The van der Waals surface area contributed by atoms with Gasteiger partial charge in [0.2, 0.25) is 5.91 Å². The van der Waals surface area contributed by atoms with Gasteiger partial charge in [-0.3, -0.25) is 14.9 Å². The summed E-state index contributed by atoms with van der Waals surface area (Å²) in [6.45, 7) is 1.89. The monoisotopic (exact) mass is 331 g/mol. The molecule has 1 aromatic carbocycles. The van der Waals surface area contributed by atoms with E-state index in [2.05, 4.69) is 10.3 Å². The maximum atomic E-state index is 12.6. The van der Waals surface area contributed by atoms with Gasteiger partial charge in [-0.2, -0.15) is 0 Å². The third-order valence-electron chi connectivity index (χ3n) is 3.82. The van der Waals surface area contributed by atoms with Crippen LogP contribution in [0.15, 0.2) is 35.8 Å². The minimum Gasteiger partial charge on any atom is -0.356 e. The number of anilines is 1. The zero-order valence-corrected chi connectivity index (χ0v) is 13.7. The molecule has 0 radical (unpaired) electrons. The lowest BCUT2D eigenvalue weighted by molar-refractivity contribution is -0.160. The van der Waals surface area contributed by atoms with E-state index in [0.29, 0.717) is 5.13 Å². The van der Waals surface area contributed by atoms with Crippen LogP contribution >= 0.6 is 11.3 Å². The Bertz CT molecular complexity index is 700. The van der Waals surface area contributed by atoms with Crippen molar-refractivity contribution < 1.29 is 14.3 Å². The molecule has 2 amide bonds. The van der Waals surface area contributed by atoms with Crippen molar-refractivity contribution in [2.45, 2.75) is 19.1 Å². The number of aryl methyl sites for hydroxylation is 1. The number of aromatic nitrogens is 1. The fourth-order valence-electron chi connectivity index (χ4n) is 2.56. The van der Waals surface area contributed by atoms with E-state index in [0.717, 1.165) is 11.1 Å². The van der Waals surface area contributed by atoms with Gasteiger partial charge in [-0.05, 0) is 12.5 Å². The fourth-order valence-corrected chi connectivity index (χ4v) is 3.09. The molecular formula is C16H17N3O3S. The van der Waals surface area contributed by atoms with Gasteiger partial charge in [0, 0.05) is 18.6 Å². The number of ether oxygens (including phenoxy) is 1. The van der Waals surface area contributed by atoms with Crippen molar-refractivity contribution >= 4 is 28.3 Å². The summed E-state index contributed by atoms with van der Waals surface area (Å²) in [4.78, 5) is 30.2. The lowest BCUT2D eigenvalue weighted by atomic mass is 9.97. The Morgan fingerprint density at radius 1 is 1.39 bits per heavy atom. The van der Waals surface area contributed by atoms with Crippen LogP contribution in [0.25, 0.3) is 0 Å². The molecule has 3 rings (SSSR count). The molecule has 1 aliphatic heterocycles. The van der Waals surface area contributed by atoms with Crippen LogP contribution in [-0.2, 0) is 14.3 Å². The summed E-state index contributed by atoms with van der Waals surface area (Å²) in [5, 5.41) is 5.04. The van der Waals surface area contributed by atoms with Crippen LogP contribution in [0.4, 0.5) is 5.13 Å². The minimum absolute atomic E-state index is 0.102. The SMILES string of the molecule is Cc1ccc([C@H]2[C@H](C(=O)Nc3nccs3)OCC(=O)N2C)cc1. The third-order valence-corrected chi connectivity index (χ3v) is 4.51. The van der Waals surface area contributed by atoms with Gasteiger partial charge in [-0.15, -0.1) is 11.3 Å². The van der Waals surface area contributed by atoms with E-state index in [1.165, 1.54) is 11.3 Å². The molecular weight excluding hydrogens is 314 g/mol. The van der Waals surface area contributed by atoms with Crippen LogP contribution in [0.5, 0.6) is 0 Å². The average molecular weight is 331 g/mol. The highest BCUT2D eigenvalue weighted by atomic mass is 32.1. The predicted molar refractivity (Wildman–Crippen MR) is 87.2 cm³/mol. The molecule has 0 unspecified atom stereocenters. The summed E-state index contributed by atoms with van der Waals surface area (Å²) < 4.78 is 5.54. The number of likely N-dealkylation sites (N-methyl/N-ethyl adjacent to an activating group) is 1. The zero-order valence-electron chi connectivity index (χ0n) is 12.9. The molecule has 120 valence electrons. The highest BCUT2D eigenvalue weighted by Gasteiger charge is 2.40. The van der Waals surface area contributed by atoms with Crippen molar-refractivity contribution in [2.75, 3.05) is 19.0 Å². The fraction of sp³-hybridized carbons (Fsp3) is 0.312. The quantitative estimate of drug-likeness (QED) is 0.934. The molecule has 1 fully saturated rings. The first-order valence-corrected chi connectivity index (χ1v) is 8.08. The molecule has 23 heavy (non-hydrogen) atoms. The summed E-state index contributed by atoms with van der Waals surface area (Å²) in [6.07, 6.45) is 0.846. The number of carbonyl (C=O) groups is 2. The molecule has 2 aromatic rings. The van der Waals surface area contributed by atoms with Crippen LogP contribution in [0, 0.1) is 6.92 Å². The maximum Gasteiger partial charge on any atom is 0.257 e. The van der Waals surface area contributed by atoms with Gasteiger partial charge in [0.1, 0.15) is 6.61 Å². The largest absolute Gasteiger partial charge is 0.356 e. The molecule has 0 saturated carbocycles. The first-order chi connectivity index (χ1) is 11.1. The second kappa shape index (κ2) is 6.47.